The lowest BCUT2D eigenvalue weighted by molar-refractivity contribution is -0.119. The summed E-state index contributed by atoms with van der Waals surface area (Å²) in [6.45, 7) is 1.46. The smallest absolute Gasteiger partial charge is 0.341 e. The number of thiophene rings is 1. The summed E-state index contributed by atoms with van der Waals surface area (Å²) < 4.78 is 11.0. The number of benzene rings is 2. The van der Waals surface area contributed by atoms with Gasteiger partial charge < -0.3 is 14.8 Å². The van der Waals surface area contributed by atoms with Crippen LogP contribution in [0.4, 0.5) is 5.00 Å². The van der Waals surface area contributed by atoms with E-state index in [-0.39, 0.29) is 12.2 Å². The average molecular weight is 535 g/mol. The molecule has 0 unspecified atom stereocenters. The molecular weight excluding hydrogens is 517 g/mol. The Kier molecular flexibility index (Phi) is 7.58. The predicted molar refractivity (Wildman–Crippen MR) is 124 cm³/mol. The van der Waals surface area contributed by atoms with E-state index in [2.05, 4.69) is 5.32 Å². The van der Waals surface area contributed by atoms with Crippen LogP contribution in [0.3, 0.4) is 0 Å². The first-order chi connectivity index (χ1) is 14.5. The molecule has 0 aliphatic heterocycles. The van der Waals surface area contributed by atoms with E-state index < -0.39 is 24.5 Å². The zero-order chi connectivity index (χ0) is 21.5. The van der Waals surface area contributed by atoms with E-state index in [1.807, 2.05) is 59.0 Å². The normalized spacial score (nSPS) is 10.3. The Balaban J connectivity index is 1.75. The fraction of sp³-hybridized carbons (Fsp3) is 0.136. The number of carbonyl (C=O) groups is 3. The molecule has 1 amide bonds. The number of esters is 2. The molecule has 0 radical (unpaired) electrons. The van der Waals surface area contributed by atoms with Gasteiger partial charge in [-0.15, -0.1) is 11.3 Å². The van der Waals surface area contributed by atoms with Crippen molar-refractivity contribution in [2.45, 2.75) is 6.92 Å². The number of amides is 1. The molecule has 30 heavy (non-hydrogen) atoms. The van der Waals surface area contributed by atoms with Gasteiger partial charge in [-0.2, -0.15) is 0 Å². The van der Waals surface area contributed by atoms with E-state index >= 15 is 0 Å². The molecule has 154 valence electrons. The average Bonchev–Trinajstić information content (AvgIpc) is 3.16. The van der Waals surface area contributed by atoms with Gasteiger partial charge in [0.05, 0.1) is 12.2 Å². The molecule has 2 aromatic carbocycles. The van der Waals surface area contributed by atoms with Crippen LogP contribution in [0.25, 0.3) is 11.1 Å². The van der Waals surface area contributed by atoms with Gasteiger partial charge in [-0.1, -0.05) is 42.5 Å². The third kappa shape index (κ3) is 5.25. The summed E-state index contributed by atoms with van der Waals surface area (Å²) in [7, 11) is 0. The molecule has 8 heteroatoms. The molecule has 0 aliphatic carbocycles. The Morgan fingerprint density at radius 3 is 2.37 bits per heavy atom. The van der Waals surface area contributed by atoms with Gasteiger partial charge in [0, 0.05) is 14.5 Å². The number of nitrogens with one attached hydrogen (secondary N) is 1. The standard InChI is InChI=1S/C22H18INO5S/c1-2-28-22(27)19-16(14-8-4-3-5-9-14)13-30-20(19)24-18(25)12-29-21(26)15-10-6-7-11-17(15)23/h3-11,13H,2,12H2,1H3,(H,24,25). The lowest BCUT2D eigenvalue weighted by Gasteiger charge is -2.09. The van der Waals surface area contributed by atoms with Crippen LogP contribution in [0.15, 0.2) is 60.0 Å². The Morgan fingerprint density at radius 2 is 1.67 bits per heavy atom. The van der Waals surface area contributed by atoms with Gasteiger partial charge in [-0.3, -0.25) is 4.79 Å². The number of halogens is 1. The van der Waals surface area contributed by atoms with Crippen molar-refractivity contribution in [3.05, 3.63) is 74.7 Å². The molecule has 3 rings (SSSR count). The van der Waals surface area contributed by atoms with E-state index in [1.54, 1.807) is 30.5 Å². The first-order valence-corrected chi connectivity index (χ1v) is 11.0. The second kappa shape index (κ2) is 10.4. The lowest BCUT2D eigenvalue weighted by atomic mass is 10.0. The molecule has 0 saturated heterocycles. The predicted octanol–water partition coefficient (Wildman–Crippen LogP) is 4.99. The third-order valence-corrected chi connectivity index (χ3v) is 5.87. The monoisotopic (exact) mass is 535 g/mol. The molecule has 1 N–H and O–H groups in total. The highest BCUT2D eigenvalue weighted by atomic mass is 127. The summed E-state index contributed by atoms with van der Waals surface area (Å²) in [6.07, 6.45) is 0. The minimum Gasteiger partial charge on any atom is -0.462 e. The summed E-state index contributed by atoms with van der Waals surface area (Å²) in [4.78, 5) is 37.1. The third-order valence-electron chi connectivity index (χ3n) is 4.04. The Labute approximate surface area is 191 Å². The van der Waals surface area contributed by atoms with Crippen LogP contribution in [0.1, 0.15) is 27.6 Å². The molecule has 0 bridgehead atoms. The second-order valence-electron chi connectivity index (χ2n) is 6.04. The maximum atomic E-state index is 12.5. The molecule has 1 heterocycles. The summed E-state index contributed by atoms with van der Waals surface area (Å²) in [6, 6.07) is 16.3. The first kappa shape index (κ1) is 22.0. The van der Waals surface area contributed by atoms with E-state index in [4.69, 9.17) is 9.47 Å². The molecule has 1 aromatic heterocycles. The summed E-state index contributed by atoms with van der Waals surface area (Å²) >= 11 is 3.24. The maximum absolute atomic E-state index is 12.5. The van der Waals surface area contributed by atoms with Crippen molar-refractivity contribution >= 4 is 56.8 Å². The van der Waals surface area contributed by atoms with Gasteiger partial charge in [0.25, 0.3) is 5.91 Å². The number of hydrogen-bond acceptors (Lipinski definition) is 6. The van der Waals surface area contributed by atoms with Crippen LogP contribution >= 0.6 is 33.9 Å². The molecule has 0 saturated carbocycles. The van der Waals surface area contributed by atoms with Crippen LogP contribution in [0, 0.1) is 3.57 Å². The van der Waals surface area contributed by atoms with Crippen molar-refractivity contribution in [1.29, 1.82) is 0 Å². The number of anilines is 1. The zero-order valence-corrected chi connectivity index (χ0v) is 19.0. The Bertz CT molecular complexity index is 1060. The number of rotatable bonds is 7. The van der Waals surface area contributed by atoms with Crippen molar-refractivity contribution in [1.82, 2.24) is 0 Å². The van der Waals surface area contributed by atoms with Crippen LogP contribution in [-0.4, -0.2) is 31.1 Å². The lowest BCUT2D eigenvalue weighted by Crippen LogP contribution is -2.22. The highest BCUT2D eigenvalue weighted by Gasteiger charge is 2.23. The van der Waals surface area contributed by atoms with Crippen molar-refractivity contribution < 1.29 is 23.9 Å². The minimum atomic E-state index is -0.586. The van der Waals surface area contributed by atoms with Crippen molar-refractivity contribution in [2.75, 3.05) is 18.5 Å². The highest BCUT2D eigenvalue weighted by Crippen LogP contribution is 2.36. The summed E-state index contributed by atoms with van der Waals surface area (Å²) in [5.41, 5.74) is 2.18. The van der Waals surface area contributed by atoms with E-state index in [0.29, 0.717) is 16.1 Å². The van der Waals surface area contributed by atoms with Gasteiger partial charge in [-0.25, -0.2) is 9.59 Å². The van der Waals surface area contributed by atoms with Gasteiger partial charge in [0.15, 0.2) is 6.61 Å². The van der Waals surface area contributed by atoms with E-state index in [0.717, 1.165) is 9.13 Å². The molecule has 0 spiro atoms. The number of hydrogen-bond donors (Lipinski definition) is 1. The maximum Gasteiger partial charge on any atom is 0.341 e. The molecular formula is C22H18INO5S. The first-order valence-electron chi connectivity index (χ1n) is 9.06. The van der Waals surface area contributed by atoms with E-state index in [1.165, 1.54) is 11.3 Å². The van der Waals surface area contributed by atoms with Crippen LogP contribution in [0.2, 0.25) is 0 Å². The van der Waals surface area contributed by atoms with E-state index in [9.17, 15) is 14.4 Å². The van der Waals surface area contributed by atoms with Crippen LogP contribution in [0.5, 0.6) is 0 Å². The van der Waals surface area contributed by atoms with Gasteiger partial charge in [0.1, 0.15) is 10.6 Å². The van der Waals surface area contributed by atoms with Crippen LogP contribution in [-0.2, 0) is 14.3 Å². The quantitative estimate of drug-likeness (QED) is 0.341. The topological polar surface area (TPSA) is 81.7 Å². The van der Waals surface area contributed by atoms with Gasteiger partial charge >= 0.3 is 11.9 Å². The molecule has 0 aliphatic rings. The van der Waals surface area contributed by atoms with Crippen molar-refractivity contribution in [3.8, 4) is 11.1 Å². The molecule has 0 atom stereocenters. The van der Waals surface area contributed by atoms with Crippen LogP contribution < -0.4 is 5.32 Å². The zero-order valence-electron chi connectivity index (χ0n) is 16.0. The highest BCUT2D eigenvalue weighted by molar-refractivity contribution is 14.1. The largest absolute Gasteiger partial charge is 0.462 e. The second-order valence-corrected chi connectivity index (χ2v) is 8.09. The van der Waals surface area contributed by atoms with Crippen molar-refractivity contribution in [3.63, 3.8) is 0 Å². The Morgan fingerprint density at radius 1 is 0.967 bits per heavy atom. The molecule has 6 nitrogen and oxygen atoms in total. The number of carbonyl (C=O) groups excluding carboxylic acids is 3. The minimum absolute atomic E-state index is 0.212. The van der Waals surface area contributed by atoms with Gasteiger partial charge in [0.2, 0.25) is 0 Å². The fourth-order valence-electron chi connectivity index (χ4n) is 2.68. The fourth-order valence-corrected chi connectivity index (χ4v) is 4.27. The summed E-state index contributed by atoms with van der Waals surface area (Å²) in [5, 5.41) is 4.80. The SMILES string of the molecule is CCOC(=O)c1c(-c2ccccc2)csc1NC(=O)COC(=O)c1ccccc1I. The molecule has 0 fully saturated rings. The number of ether oxygens (including phenoxy) is 2. The summed E-state index contributed by atoms with van der Waals surface area (Å²) in [5.74, 6) is -1.65. The van der Waals surface area contributed by atoms with Gasteiger partial charge in [-0.05, 0) is 47.2 Å². The Hall–Kier alpha value is -2.72. The molecule has 3 aromatic rings. The van der Waals surface area contributed by atoms with Crippen molar-refractivity contribution in [2.24, 2.45) is 0 Å².